The minimum absolute atomic E-state index is 0.0572. The van der Waals surface area contributed by atoms with Crippen molar-refractivity contribution in [3.63, 3.8) is 0 Å². The van der Waals surface area contributed by atoms with Crippen molar-refractivity contribution in [2.24, 2.45) is 5.73 Å². The molecule has 394 valence electrons. The van der Waals surface area contributed by atoms with E-state index in [1.165, 1.54) is 38.5 Å². The number of carbonyl (C=O) groups is 3. The zero-order valence-electron chi connectivity index (χ0n) is 40.5. The minimum atomic E-state index is -5.27. The van der Waals surface area contributed by atoms with Crippen LogP contribution in [0, 0.1) is 0 Å². The Hall–Kier alpha value is -3.23. The lowest BCUT2D eigenvalue weighted by atomic mass is 9.85. The average molecular weight is 1020 g/mol. The second kappa shape index (κ2) is 39.4. The van der Waals surface area contributed by atoms with E-state index in [0.29, 0.717) is 19.3 Å². The maximum atomic E-state index is 13.1. The number of carbonyl (C=O) groups excluding carboxylic acids is 2. The Labute approximate surface area is 413 Å². The number of aliphatic hydroxyl groups is 6. The Balaban J connectivity index is 2.92. The van der Waals surface area contributed by atoms with Crippen LogP contribution >= 0.6 is 19.6 Å². The molecule has 0 aromatic carbocycles. The van der Waals surface area contributed by atoms with Gasteiger partial charge in [0.2, 0.25) is 0 Å². The molecule has 1 saturated carbocycles. The predicted octanol–water partition coefficient (Wildman–Crippen LogP) is 6.59. The van der Waals surface area contributed by atoms with Crippen LogP contribution in [-0.4, -0.2) is 138 Å². The van der Waals surface area contributed by atoms with E-state index in [9.17, 15) is 54.5 Å². The second-order valence-electron chi connectivity index (χ2n) is 16.8. The molecule has 1 fully saturated rings. The van der Waals surface area contributed by atoms with Gasteiger partial charge in [0, 0.05) is 23.8 Å². The third-order valence-corrected chi connectivity index (χ3v) is 13.1. The Bertz CT molecular complexity index is 1650. The first kappa shape index (κ1) is 63.8. The van der Waals surface area contributed by atoms with Crippen LogP contribution in [0.1, 0.15) is 129 Å². The molecule has 1 rings (SSSR count). The molecule has 0 amide bonds. The van der Waals surface area contributed by atoms with Crippen LogP contribution in [0.3, 0.4) is 0 Å². The number of thioether (sulfide) groups is 1. The van der Waals surface area contributed by atoms with E-state index in [-0.39, 0.29) is 31.4 Å². The van der Waals surface area contributed by atoms with Crippen molar-refractivity contribution >= 4 is 37.5 Å². The third-order valence-electron chi connectivity index (χ3n) is 10.7. The molecule has 1 aliphatic rings. The molecular weight excluding hydrogens is 934 g/mol. The summed E-state index contributed by atoms with van der Waals surface area (Å²) in [6.45, 7) is 2.75. The SMILES string of the molecule is CCCCC/C=C\C\C=C/C=C/C=C/[C@@H](SC[C@H](N)C(=O)OC[C@H](COP(=O)(O)OC1[C@H](O)[C@H](O)C(O)[C@H](O)[C@H]1O)OC(=O)CCCC/C=C\C/C=C\C/C=C\CCCCC)[C@@H](O)CCCC(=O)O. The normalized spacial score (nSPS) is 22.9. The largest absolute Gasteiger partial charge is 0.481 e. The van der Waals surface area contributed by atoms with E-state index in [1.807, 2.05) is 30.4 Å². The number of esters is 2. The number of nitrogens with two attached hydrogens (primary N) is 1. The van der Waals surface area contributed by atoms with Crippen molar-refractivity contribution in [3.8, 4) is 0 Å². The number of ether oxygens (including phenoxy) is 2. The van der Waals surface area contributed by atoms with Gasteiger partial charge in [-0.3, -0.25) is 23.4 Å². The smallest absolute Gasteiger partial charge is 0.472 e. The molecule has 3 unspecified atom stereocenters. The number of aliphatic hydroxyl groups excluding tert-OH is 6. The Morgan fingerprint density at radius 1 is 0.667 bits per heavy atom. The van der Waals surface area contributed by atoms with Gasteiger partial charge in [-0.2, -0.15) is 0 Å². The number of allylic oxidation sites excluding steroid dienone is 13. The number of phosphoric ester groups is 1. The Morgan fingerprint density at radius 2 is 1.19 bits per heavy atom. The van der Waals surface area contributed by atoms with E-state index in [1.54, 1.807) is 18.2 Å². The highest BCUT2D eigenvalue weighted by Crippen LogP contribution is 2.47. The molecule has 1 aliphatic carbocycles. The quantitative estimate of drug-likeness (QED) is 0.0103. The van der Waals surface area contributed by atoms with Crippen molar-refractivity contribution in [1.29, 1.82) is 0 Å². The van der Waals surface area contributed by atoms with Crippen molar-refractivity contribution in [2.75, 3.05) is 19.0 Å². The molecule has 0 heterocycles. The van der Waals surface area contributed by atoms with Gasteiger partial charge in [-0.1, -0.05) is 125 Å². The monoisotopic (exact) mass is 1020 g/mol. The summed E-state index contributed by atoms with van der Waals surface area (Å²) in [5.41, 5.74) is 6.17. The van der Waals surface area contributed by atoms with Crippen molar-refractivity contribution in [2.45, 2.75) is 190 Å². The zero-order chi connectivity index (χ0) is 51.3. The van der Waals surface area contributed by atoms with Crippen LogP contribution in [0.15, 0.2) is 85.1 Å². The fourth-order valence-corrected chi connectivity index (χ4v) is 8.71. The lowest BCUT2D eigenvalue weighted by Crippen LogP contribution is -2.64. The summed E-state index contributed by atoms with van der Waals surface area (Å²) in [6, 6.07) is -1.27. The van der Waals surface area contributed by atoms with Gasteiger partial charge < -0.3 is 55.8 Å². The van der Waals surface area contributed by atoms with Crippen molar-refractivity contribution in [3.05, 3.63) is 85.1 Å². The molecule has 0 radical (unpaired) electrons. The standard InChI is InChI=1S/C50H82NO16PS/c1-3-5-7-9-11-13-15-17-18-19-21-23-25-27-29-34-43(55)66-38(36-65-68(62,63)67-49-47(59)45(57)44(56)46(58)48(49)60)35-64-50(61)39(51)37-69-41(40(52)31-30-33-42(53)54)32-28-26-24-22-20-16-14-12-10-8-6-4-2/h11-14,17-18,20-24,26,28,32,38-41,44-49,52,56-60H,3-10,15-16,19,25,27,29-31,33-37,51H2,1-2H3,(H,53,54)(H,62,63)/b13-11-,14-12-,18-17-,22-20-,23-21-,26-24+,32-28+/t38-,39+,40+,41-,44?,45-,46+,47-,48-,49?/m1/s1. The van der Waals surface area contributed by atoms with E-state index < -0.39 is 99.1 Å². The molecule has 69 heavy (non-hydrogen) atoms. The third kappa shape index (κ3) is 31.0. The van der Waals surface area contributed by atoms with Gasteiger partial charge in [-0.25, -0.2) is 4.57 Å². The first-order chi connectivity index (χ1) is 33.0. The first-order valence-electron chi connectivity index (χ1n) is 24.3. The van der Waals surface area contributed by atoms with E-state index in [0.717, 1.165) is 43.9 Å². The summed E-state index contributed by atoms with van der Waals surface area (Å²) in [6.07, 6.45) is 26.7. The van der Waals surface area contributed by atoms with E-state index in [2.05, 4.69) is 50.3 Å². The molecule has 0 spiro atoms. The molecular formula is C50H82NO16PS. The molecule has 0 aromatic heterocycles. The topological polar surface area (TPSA) is 293 Å². The number of hydrogen-bond acceptors (Lipinski definition) is 16. The van der Waals surface area contributed by atoms with Crippen molar-refractivity contribution < 1.29 is 78.1 Å². The summed E-state index contributed by atoms with van der Waals surface area (Å²) < 4.78 is 33.6. The zero-order valence-corrected chi connectivity index (χ0v) is 42.2. The lowest BCUT2D eigenvalue weighted by molar-refractivity contribution is -0.220. The van der Waals surface area contributed by atoms with Crippen LogP contribution in [0.2, 0.25) is 0 Å². The fraction of sp³-hybridized carbons (Fsp3) is 0.660. The molecule has 0 saturated heterocycles. The van der Waals surface area contributed by atoms with E-state index >= 15 is 0 Å². The van der Waals surface area contributed by atoms with Crippen LogP contribution in [0.5, 0.6) is 0 Å². The highest BCUT2D eigenvalue weighted by atomic mass is 32.2. The lowest BCUT2D eigenvalue weighted by Gasteiger charge is -2.41. The number of rotatable bonds is 39. The molecule has 0 aromatic rings. The number of phosphoric acid groups is 1. The number of aliphatic carboxylic acids is 1. The van der Waals surface area contributed by atoms with Gasteiger partial charge in [0.05, 0.1) is 12.7 Å². The highest BCUT2D eigenvalue weighted by molar-refractivity contribution is 8.00. The fourth-order valence-electron chi connectivity index (χ4n) is 6.62. The Morgan fingerprint density at radius 3 is 1.75 bits per heavy atom. The van der Waals surface area contributed by atoms with Crippen molar-refractivity contribution in [1.82, 2.24) is 0 Å². The van der Waals surface area contributed by atoms with Crippen LogP contribution in [0.25, 0.3) is 0 Å². The van der Waals surface area contributed by atoms with Crippen LogP contribution in [-0.2, 0) is 37.5 Å². The van der Waals surface area contributed by atoms with Gasteiger partial charge in [0.15, 0.2) is 6.10 Å². The van der Waals surface area contributed by atoms with Gasteiger partial charge in [-0.05, 0) is 77.0 Å². The maximum absolute atomic E-state index is 13.1. The summed E-state index contributed by atoms with van der Waals surface area (Å²) in [7, 11) is -5.27. The molecule has 11 atom stereocenters. The van der Waals surface area contributed by atoms with Crippen LogP contribution in [0.4, 0.5) is 0 Å². The van der Waals surface area contributed by atoms with Gasteiger partial charge in [0.1, 0.15) is 49.3 Å². The number of carboxylic acids is 1. The predicted molar refractivity (Wildman–Crippen MR) is 268 cm³/mol. The molecule has 17 nitrogen and oxygen atoms in total. The number of carboxylic acid groups (broad SMARTS) is 1. The maximum Gasteiger partial charge on any atom is 0.472 e. The number of hydrogen-bond donors (Lipinski definition) is 9. The van der Waals surface area contributed by atoms with Gasteiger partial charge >= 0.3 is 25.7 Å². The molecule has 0 aliphatic heterocycles. The van der Waals surface area contributed by atoms with Gasteiger partial charge in [0.25, 0.3) is 0 Å². The summed E-state index contributed by atoms with van der Waals surface area (Å²) >= 11 is 1.14. The molecule has 19 heteroatoms. The first-order valence-corrected chi connectivity index (χ1v) is 26.9. The summed E-state index contributed by atoms with van der Waals surface area (Å²) in [4.78, 5) is 47.6. The second-order valence-corrected chi connectivity index (χ2v) is 19.4. The average Bonchev–Trinajstić information content (AvgIpc) is 3.32. The minimum Gasteiger partial charge on any atom is -0.481 e. The Kier molecular flexibility index (Phi) is 36.4. The summed E-state index contributed by atoms with van der Waals surface area (Å²) in [5.74, 6) is -2.75. The number of unbranched alkanes of at least 4 members (excludes halogenated alkanes) is 8. The van der Waals surface area contributed by atoms with Crippen LogP contribution < -0.4 is 5.73 Å². The summed E-state index contributed by atoms with van der Waals surface area (Å²) in [5, 5.41) is 69.9. The van der Waals surface area contributed by atoms with E-state index in [4.69, 9.17) is 29.4 Å². The highest BCUT2D eigenvalue weighted by Gasteiger charge is 2.51. The van der Waals surface area contributed by atoms with Gasteiger partial charge in [-0.15, -0.1) is 11.8 Å². The molecule has 10 N–H and O–H groups in total. The molecule has 0 bridgehead atoms.